The molecule has 3 nitrogen and oxygen atoms in total. The van der Waals surface area contributed by atoms with E-state index in [9.17, 15) is 4.79 Å². The topological polar surface area (TPSA) is 23.6 Å². The van der Waals surface area contributed by atoms with Crippen LogP contribution in [-0.4, -0.2) is 55.4 Å². The molecule has 1 unspecified atom stereocenters. The molecule has 1 aliphatic heterocycles. The van der Waals surface area contributed by atoms with Gasteiger partial charge in [-0.1, -0.05) is 13.8 Å². The van der Waals surface area contributed by atoms with E-state index in [0.29, 0.717) is 0 Å². The average Bonchev–Trinajstić information content (AvgIpc) is 2.43. The van der Waals surface area contributed by atoms with Gasteiger partial charge in [-0.25, -0.2) is 0 Å². The first kappa shape index (κ1) is 11.7. The third-order valence-corrected chi connectivity index (χ3v) is 2.91. The van der Waals surface area contributed by atoms with E-state index in [1.54, 1.807) is 0 Å². The molecule has 0 aromatic rings. The van der Waals surface area contributed by atoms with Gasteiger partial charge in [0.05, 0.1) is 0 Å². The average molecular weight is 198 g/mol. The highest BCUT2D eigenvalue weighted by Crippen LogP contribution is 2.04. The van der Waals surface area contributed by atoms with Gasteiger partial charge in [0.25, 0.3) is 0 Å². The van der Waals surface area contributed by atoms with Gasteiger partial charge in [0.2, 0.25) is 0 Å². The lowest BCUT2D eigenvalue weighted by Gasteiger charge is -2.21. The van der Waals surface area contributed by atoms with Gasteiger partial charge in [0.1, 0.15) is 6.29 Å². The molecule has 3 heteroatoms. The van der Waals surface area contributed by atoms with Crippen molar-refractivity contribution in [1.82, 2.24) is 9.80 Å². The Morgan fingerprint density at radius 1 is 1.21 bits per heavy atom. The Balaban J connectivity index is 2.30. The fraction of sp³-hybridized carbons (Fsp3) is 0.909. The summed E-state index contributed by atoms with van der Waals surface area (Å²) in [7, 11) is 0. The molecule has 1 heterocycles. The van der Waals surface area contributed by atoms with Crippen LogP contribution in [0.15, 0.2) is 0 Å². The monoisotopic (exact) mass is 198 g/mol. The highest BCUT2D eigenvalue weighted by atomic mass is 16.1. The van der Waals surface area contributed by atoms with E-state index >= 15 is 0 Å². The zero-order valence-electron chi connectivity index (χ0n) is 9.41. The second kappa shape index (κ2) is 6.14. The lowest BCUT2D eigenvalue weighted by atomic mass is 10.2. The summed E-state index contributed by atoms with van der Waals surface area (Å²) in [4.78, 5) is 15.4. The standard InChI is InChI=1S/C11H22N2O/c1-3-12-5-4-6-13(8-7-12)9-11(2)10-14/h10-11H,3-9H2,1-2H3. The first-order valence-electron chi connectivity index (χ1n) is 5.66. The van der Waals surface area contributed by atoms with Crippen molar-refractivity contribution in [1.29, 1.82) is 0 Å². The fourth-order valence-electron chi connectivity index (χ4n) is 1.97. The smallest absolute Gasteiger partial charge is 0.124 e. The molecule has 0 amide bonds. The number of aldehydes is 1. The van der Waals surface area contributed by atoms with Crippen LogP contribution in [-0.2, 0) is 4.79 Å². The summed E-state index contributed by atoms with van der Waals surface area (Å²) < 4.78 is 0. The number of hydrogen-bond donors (Lipinski definition) is 0. The maximum Gasteiger partial charge on any atom is 0.124 e. The molecule has 0 aromatic heterocycles. The Labute approximate surface area is 87.1 Å². The Hall–Kier alpha value is -0.410. The molecule has 1 atom stereocenters. The van der Waals surface area contributed by atoms with Gasteiger partial charge in [0, 0.05) is 25.6 Å². The summed E-state index contributed by atoms with van der Waals surface area (Å²) in [5.41, 5.74) is 0. The molecule has 82 valence electrons. The molecule has 0 aliphatic carbocycles. The first-order chi connectivity index (χ1) is 6.76. The number of nitrogens with zero attached hydrogens (tertiary/aromatic N) is 2. The zero-order chi connectivity index (χ0) is 10.4. The Morgan fingerprint density at radius 3 is 2.50 bits per heavy atom. The van der Waals surface area contributed by atoms with Crippen LogP contribution in [0.25, 0.3) is 0 Å². The van der Waals surface area contributed by atoms with Crippen molar-refractivity contribution >= 4 is 6.29 Å². The SMILES string of the molecule is CCN1CCCN(CC(C)C=O)CC1. The fourth-order valence-corrected chi connectivity index (χ4v) is 1.97. The van der Waals surface area contributed by atoms with Gasteiger partial charge in [-0.05, 0) is 26.1 Å². The molecular weight excluding hydrogens is 176 g/mol. The van der Waals surface area contributed by atoms with Crippen LogP contribution in [0, 0.1) is 5.92 Å². The molecule has 0 bridgehead atoms. The summed E-state index contributed by atoms with van der Waals surface area (Å²) in [6.07, 6.45) is 2.29. The van der Waals surface area contributed by atoms with Gasteiger partial charge in [-0.2, -0.15) is 0 Å². The number of rotatable bonds is 4. The summed E-state index contributed by atoms with van der Waals surface area (Å²) in [6.45, 7) is 10.9. The van der Waals surface area contributed by atoms with Crippen LogP contribution in [0.3, 0.4) is 0 Å². The van der Waals surface area contributed by atoms with Crippen molar-refractivity contribution in [2.75, 3.05) is 39.3 Å². The quantitative estimate of drug-likeness (QED) is 0.626. The van der Waals surface area contributed by atoms with Crippen LogP contribution in [0.5, 0.6) is 0 Å². The van der Waals surface area contributed by atoms with E-state index in [1.165, 1.54) is 13.0 Å². The second-order valence-electron chi connectivity index (χ2n) is 4.20. The minimum Gasteiger partial charge on any atom is -0.303 e. The molecule has 1 saturated heterocycles. The lowest BCUT2D eigenvalue weighted by Crippen LogP contribution is -2.33. The van der Waals surface area contributed by atoms with Gasteiger partial charge in [-0.3, -0.25) is 0 Å². The van der Waals surface area contributed by atoms with Crippen LogP contribution >= 0.6 is 0 Å². The molecule has 0 spiro atoms. The van der Waals surface area contributed by atoms with Crippen molar-refractivity contribution in [2.24, 2.45) is 5.92 Å². The maximum atomic E-state index is 10.5. The van der Waals surface area contributed by atoms with Crippen LogP contribution < -0.4 is 0 Å². The summed E-state index contributed by atoms with van der Waals surface area (Å²) in [5, 5.41) is 0. The Bertz CT molecular complexity index is 173. The minimum atomic E-state index is 0.183. The largest absolute Gasteiger partial charge is 0.303 e. The second-order valence-corrected chi connectivity index (χ2v) is 4.20. The van der Waals surface area contributed by atoms with Crippen LogP contribution in [0.1, 0.15) is 20.3 Å². The van der Waals surface area contributed by atoms with Crippen LogP contribution in [0.4, 0.5) is 0 Å². The van der Waals surface area contributed by atoms with E-state index in [4.69, 9.17) is 0 Å². The third-order valence-electron chi connectivity index (χ3n) is 2.91. The van der Waals surface area contributed by atoms with E-state index in [-0.39, 0.29) is 5.92 Å². The van der Waals surface area contributed by atoms with Crippen molar-refractivity contribution in [3.63, 3.8) is 0 Å². The Kier molecular flexibility index (Phi) is 5.12. The zero-order valence-corrected chi connectivity index (χ0v) is 9.41. The predicted octanol–water partition coefficient (Wildman–Crippen LogP) is 0.849. The first-order valence-corrected chi connectivity index (χ1v) is 5.66. The molecule has 1 fully saturated rings. The van der Waals surface area contributed by atoms with Gasteiger partial charge < -0.3 is 14.6 Å². The molecule has 0 radical (unpaired) electrons. The molecule has 1 rings (SSSR count). The van der Waals surface area contributed by atoms with Gasteiger partial charge in [0.15, 0.2) is 0 Å². The number of carbonyl (C=O) groups excluding carboxylic acids is 1. The minimum absolute atomic E-state index is 0.183. The van der Waals surface area contributed by atoms with Gasteiger partial charge >= 0.3 is 0 Å². The molecular formula is C11H22N2O. The normalized spacial score (nSPS) is 23.0. The van der Waals surface area contributed by atoms with Crippen molar-refractivity contribution in [2.45, 2.75) is 20.3 Å². The van der Waals surface area contributed by atoms with Crippen LogP contribution in [0.2, 0.25) is 0 Å². The Morgan fingerprint density at radius 2 is 1.86 bits per heavy atom. The summed E-state index contributed by atoms with van der Waals surface area (Å²) in [5.74, 6) is 0.183. The predicted molar refractivity (Wildman–Crippen MR) is 58.4 cm³/mol. The molecule has 0 N–H and O–H groups in total. The van der Waals surface area contributed by atoms with E-state index in [0.717, 1.165) is 39.0 Å². The molecule has 1 aliphatic rings. The molecule has 14 heavy (non-hydrogen) atoms. The van der Waals surface area contributed by atoms with E-state index in [2.05, 4.69) is 16.7 Å². The van der Waals surface area contributed by atoms with E-state index < -0.39 is 0 Å². The molecule has 0 aromatic carbocycles. The highest BCUT2D eigenvalue weighted by Gasteiger charge is 2.14. The van der Waals surface area contributed by atoms with Crippen molar-refractivity contribution in [3.8, 4) is 0 Å². The maximum absolute atomic E-state index is 10.5. The molecule has 0 saturated carbocycles. The lowest BCUT2D eigenvalue weighted by molar-refractivity contribution is -0.111. The summed E-state index contributed by atoms with van der Waals surface area (Å²) >= 11 is 0. The van der Waals surface area contributed by atoms with Crippen molar-refractivity contribution in [3.05, 3.63) is 0 Å². The van der Waals surface area contributed by atoms with E-state index in [1.807, 2.05) is 6.92 Å². The number of carbonyl (C=O) groups is 1. The highest BCUT2D eigenvalue weighted by molar-refractivity contribution is 5.52. The number of likely N-dealkylation sites (N-methyl/N-ethyl adjacent to an activating group) is 1. The number of hydrogen-bond acceptors (Lipinski definition) is 3. The van der Waals surface area contributed by atoms with Gasteiger partial charge in [-0.15, -0.1) is 0 Å². The third kappa shape index (κ3) is 3.76. The summed E-state index contributed by atoms with van der Waals surface area (Å²) in [6, 6.07) is 0. The van der Waals surface area contributed by atoms with Crippen molar-refractivity contribution < 1.29 is 4.79 Å².